The Bertz CT molecular complexity index is 336. The third kappa shape index (κ3) is 3.08. The van der Waals surface area contributed by atoms with E-state index in [-0.39, 0.29) is 5.91 Å². The molecule has 0 fully saturated rings. The first-order valence-electron chi connectivity index (χ1n) is 5.52. The van der Waals surface area contributed by atoms with Gasteiger partial charge in [0, 0.05) is 12.1 Å². The summed E-state index contributed by atoms with van der Waals surface area (Å²) in [5.74, 6) is 5.00. The van der Waals surface area contributed by atoms with Gasteiger partial charge in [-0.3, -0.25) is 15.1 Å². The fourth-order valence-electron chi connectivity index (χ4n) is 1.63. The van der Waals surface area contributed by atoms with Crippen molar-refractivity contribution < 1.29 is 9.21 Å². The molecule has 3 N–H and O–H groups in total. The van der Waals surface area contributed by atoms with Crippen LogP contribution in [0.2, 0.25) is 0 Å². The molecule has 16 heavy (non-hydrogen) atoms. The Morgan fingerprint density at radius 3 is 2.88 bits per heavy atom. The topological polar surface area (TPSA) is 71.5 Å². The molecule has 1 amide bonds. The Labute approximate surface area is 95.6 Å². The SMILES string of the molecule is CCCN(CC)Cc1ccoc1C(=O)NN. The molecule has 0 radical (unpaired) electrons. The summed E-state index contributed by atoms with van der Waals surface area (Å²) in [4.78, 5) is 13.6. The second kappa shape index (κ2) is 6.30. The molecule has 90 valence electrons. The third-order valence-corrected chi connectivity index (χ3v) is 2.47. The zero-order chi connectivity index (χ0) is 12.0. The minimum absolute atomic E-state index is 0.303. The van der Waals surface area contributed by atoms with Crippen molar-refractivity contribution >= 4 is 5.91 Å². The van der Waals surface area contributed by atoms with E-state index in [1.807, 2.05) is 6.07 Å². The number of carbonyl (C=O) groups excluding carboxylic acids is 1. The number of hydrogen-bond donors (Lipinski definition) is 2. The van der Waals surface area contributed by atoms with Gasteiger partial charge >= 0.3 is 5.91 Å². The number of nitrogens with zero attached hydrogens (tertiary/aromatic N) is 1. The number of carbonyl (C=O) groups is 1. The molecule has 1 aromatic rings. The minimum atomic E-state index is -0.382. The second-order valence-corrected chi connectivity index (χ2v) is 3.62. The van der Waals surface area contributed by atoms with Gasteiger partial charge < -0.3 is 4.42 Å². The number of nitrogens with one attached hydrogen (secondary N) is 1. The molecule has 0 aromatic carbocycles. The van der Waals surface area contributed by atoms with Crippen molar-refractivity contribution in [3.63, 3.8) is 0 Å². The average Bonchev–Trinajstić information content (AvgIpc) is 2.75. The molecule has 0 aliphatic heterocycles. The number of furan rings is 1. The smallest absolute Gasteiger partial charge is 0.301 e. The summed E-state index contributed by atoms with van der Waals surface area (Å²) < 4.78 is 5.12. The summed E-state index contributed by atoms with van der Waals surface area (Å²) in [5, 5.41) is 0. The molecule has 0 aliphatic carbocycles. The highest BCUT2D eigenvalue weighted by molar-refractivity contribution is 5.92. The van der Waals surface area contributed by atoms with Crippen molar-refractivity contribution in [2.75, 3.05) is 13.1 Å². The van der Waals surface area contributed by atoms with Crippen molar-refractivity contribution in [1.29, 1.82) is 0 Å². The normalized spacial score (nSPS) is 10.8. The number of nitrogens with two attached hydrogens (primary N) is 1. The van der Waals surface area contributed by atoms with Crippen LogP contribution in [-0.2, 0) is 6.54 Å². The average molecular weight is 225 g/mol. The Morgan fingerprint density at radius 2 is 2.31 bits per heavy atom. The Hall–Kier alpha value is -1.33. The summed E-state index contributed by atoms with van der Waals surface area (Å²) in [7, 11) is 0. The zero-order valence-corrected chi connectivity index (χ0v) is 9.82. The van der Waals surface area contributed by atoms with E-state index in [4.69, 9.17) is 10.3 Å². The Morgan fingerprint density at radius 1 is 1.56 bits per heavy atom. The molecule has 5 heteroatoms. The highest BCUT2D eigenvalue weighted by Gasteiger charge is 2.15. The van der Waals surface area contributed by atoms with Gasteiger partial charge in [-0.25, -0.2) is 5.84 Å². The van der Waals surface area contributed by atoms with Gasteiger partial charge in [-0.1, -0.05) is 13.8 Å². The lowest BCUT2D eigenvalue weighted by molar-refractivity contribution is 0.0923. The molecule has 0 saturated heterocycles. The van der Waals surface area contributed by atoms with E-state index in [0.717, 1.165) is 25.1 Å². The second-order valence-electron chi connectivity index (χ2n) is 3.62. The van der Waals surface area contributed by atoms with Gasteiger partial charge in [0.2, 0.25) is 0 Å². The molecule has 0 atom stereocenters. The van der Waals surface area contributed by atoms with Crippen molar-refractivity contribution in [2.45, 2.75) is 26.8 Å². The first kappa shape index (κ1) is 12.7. The van der Waals surface area contributed by atoms with E-state index >= 15 is 0 Å². The van der Waals surface area contributed by atoms with E-state index in [1.165, 1.54) is 6.26 Å². The number of amides is 1. The molecule has 0 saturated carbocycles. The summed E-state index contributed by atoms with van der Waals surface area (Å²) in [5.41, 5.74) is 2.95. The maximum atomic E-state index is 11.4. The van der Waals surface area contributed by atoms with Crippen LogP contribution in [-0.4, -0.2) is 23.9 Å². The molecule has 0 unspecified atom stereocenters. The van der Waals surface area contributed by atoms with Crippen LogP contribution < -0.4 is 11.3 Å². The van der Waals surface area contributed by atoms with Crippen LogP contribution >= 0.6 is 0 Å². The van der Waals surface area contributed by atoms with E-state index < -0.39 is 0 Å². The van der Waals surface area contributed by atoms with Gasteiger partial charge in [-0.05, 0) is 25.6 Å². The van der Waals surface area contributed by atoms with Gasteiger partial charge in [-0.15, -0.1) is 0 Å². The fourth-order valence-corrected chi connectivity index (χ4v) is 1.63. The van der Waals surface area contributed by atoms with Crippen LogP contribution in [0.5, 0.6) is 0 Å². The Kier molecular flexibility index (Phi) is 5.01. The predicted octanol–water partition coefficient (Wildman–Crippen LogP) is 1.11. The van der Waals surface area contributed by atoms with E-state index in [0.29, 0.717) is 12.3 Å². The number of hydrogen-bond acceptors (Lipinski definition) is 4. The highest BCUT2D eigenvalue weighted by atomic mass is 16.3. The van der Waals surface area contributed by atoms with Crippen LogP contribution in [0.1, 0.15) is 36.4 Å². The highest BCUT2D eigenvalue weighted by Crippen LogP contribution is 2.13. The third-order valence-electron chi connectivity index (χ3n) is 2.47. The zero-order valence-electron chi connectivity index (χ0n) is 9.82. The molecule has 0 spiro atoms. The summed E-state index contributed by atoms with van der Waals surface area (Å²) >= 11 is 0. The van der Waals surface area contributed by atoms with Gasteiger partial charge in [0.1, 0.15) is 0 Å². The van der Waals surface area contributed by atoms with Crippen molar-refractivity contribution in [1.82, 2.24) is 10.3 Å². The molecule has 1 aromatic heterocycles. The number of hydrazine groups is 1. The monoisotopic (exact) mass is 225 g/mol. The van der Waals surface area contributed by atoms with Gasteiger partial charge in [0.25, 0.3) is 0 Å². The standard InChI is InChI=1S/C11H19N3O2/c1-3-6-14(4-2)8-9-5-7-16-10(9)11(15)13-12/h5,7H,3-4,6,8,12H2,1-2H3,(H,13,15). The lowest BCUT2D eigenvalue weighted by atomic mass is 10.2. The first-order valence-corrected chi connectivity index (χ1v) is 5.52. The van der Waals surface area contributed by atoms with Crippen LogP contribution in [0.4, 0.5) is 0 Å². The lowest BCUT2D eigenvalue weighted by Gasteiger charge is -2.18. The quantitative estimate of drug-likeness (QED) is 0.432. The molecule has 1 rings (SSSR count). The van der Waals surface area contributed by atoms with E-state index in [9.17, 15) is 4.79 Å². The molecular weight excluding hydrogens is 206 g/mol. The van der Waals surface area contributed by atoms with Crippen molar-refractivity contribution in [3.8, 4) is 0 Å². The van der Waals surface area contributed by atoms with Crippen LogP contribution in [0.15, 0.2) is 16.7 Å². The van der Waals surface area contributed by atoms with Crippen LogP contribution in [0.25, 0.3) is 0 Å². The van der Waals surface area contributed by atoms with Gasteiger partial charge in [0.15, 0.2) is 5.76 Å². The molecule has 1 heterocycles. The Balaban J connectivity index is 2.72. The largest absolute Gasteiger partial charge is 0.459 e. The molecule has 5 nitrogen and oxygen atoms in total. The first-order chi connectivity index (χ1) is 7.72. The summed E-state index contributed by atoms with van der Waals surface area (Å²) in [6, 6.07) is 1.81. The van der Waals surface area contributed by atoms with Crippen LogP contribution in [0.3, 0.4) is 0 Å². The lowest BCUT2D eigenvalue weighted by Crippen LogP contribution is -2.31. The van der Waals surface area contributed by atoms with E-state index in [2.05, 4.69) is 24.2 Å². The molecular formula is C11H19N3O2. The predicted molar refractivity (Wildman–Crippen MR) is 61.6 cm³/mol. The van der Waals surface area contributed by atoms with Crippen LogP contribution in [0, 0.1) is 0 Å². The van der Waals surface area contributed by atoms with Crippen molar-refractivity contribution in [3.05, 3.63) is 23.7 Å². The summed E-state index contributed by atoms with van der Waals surface area (Å²) in [6.45, 7) is 6.89. The van der Waals surface area contributed by atoms with E-state index in [1.54, 1.807) is 0 Å². The van der Waals surface area contributed by atoms with Gasteiger partial charge in [0.05, 0.1) is 6.26 Å². The maximum absolute atomic E-state index is 11.4. The van der Waals surface area contributed by atoms with Gasteiger partial charge in [-0.2, -0.15) is 0 Å². The maximum Gasteiger partial charge on any atom is 0.301 e. The number of rotatable bonds is 6. The minimum Gasteiger partial charge on any atom is -0.459 e. The fraction of sp³-hybridized carbons (Fsp3) is 0.545. The van der Waals surface area contributed by atoms with Crippen molar-refractivity contribution in [2.24, 2.45) is 5.84 Å². The molecule has 0 bridgehead atoms. The summed E-state index contributed by atoms with van der Waals surface area (Å²) in [6.07, 6.45) is 2.60. The number of nitrogen functional groups attached to an aromatic ring is 1. The molecule has 0 aliphatic rings.